The molecule has 0 aliphatic heterocycles. The zero-order valence-electron chi connectivity index (χ0n) is 27.2. The molecule has 1 aliphatic rings. The van der Waals surface area contributed by atoms with Gasteiger partial charge in [0.15, 0.2) is 5.82 Å². The molecule has 0 bridgehead atoms. The summed E-state index contributed by atoms with van der Waals surface area (Å²) >= 11 is 1.85. The fourth-order valence-corrected chi connectivity index (χ4v) is 8.66. The second kappa shape index (κ2) is 10.7. The predicted molar refractivity (Wildman–Crippen MR) is 204 cm³/mol. The summed E-state index contributed by atoms with van der Waals surface area (Å²) in [6.45, 7) is 10.7. The van der Waals surface area contributed by atoms with Gasteiger partial charge >= 0.3 is 0 Å². The van der Waals surface area contributed by atoms with E-state index >= 15 is 0 Å². The molecule has 9 rings (SSSR count). The van der Waals surface area contributed by atoms with E-state index in [0.29, 0.717) is 0 Å². The van der Waals surface area contributed by atoms with Gasteiger partial charge in [-0.05, 0) is 53.9 Å². The third-order valence-electron chi connectivity index (χ3n) is 9.91. The highest BCUT2D eigenvalue weighted by atomic mass is 32.1. The van der Waals surface area contributed by atoms with Crippen molar-refractivity contribution in [3.05, 3.63) is 156 Å². The third-order valence-corrected chi connectivity index (χ3v) is 11.0. The van der Waals surface area contributed by atoms with E-state index in [-0.39, 0.29) is 5.41 Å². The Morgan fingerprint density at radius 3 is 2.29 bits per heavy atom. The van der Waals surface area contributed by atoms with Gasteiger partial charge in [-0.25, -0.2) is 9.97 Å². The summed E-state index contributed by atoms with van der Waals surface area (Å²) < 4.78 is 3.71. The number of hydrogen-bond acceptors (Lipinski definition) is 3. The van der Waals surface area contributed by atoms with E-state index in [9.17, 15) is 0 Å². The van der Waals surface area contributed by atoms with Crippen LogP contribution < -0.4 is 0 Å². The van der Waals surface area contributed by atoms with Crippen molar-refractivity contribution < 1.29 is 0 Å². The number of thiophene rings is 1. The second-order valence-corrected chi connectivity index (χ2v) is 14.3. The first-order valence-electron chi connectivity index (χ1n) is 16.4. The Bertz CT molecular complexity index is 2600. The van der Waals surface area contributed by atoms with Gasteiger partial charge in [0.1, 0.15) is 0 Å². The maximum Gasteiger partial charge on any atom is 0.160 e. The van der Waals surface area contributed by atoms with Crippen molar-refractivity contribution in [2.75, 3.05) is 0 Å². The van der Waals surface area contributed by atoms with E-state index in [1.165, 1.54) is 53.5 Å². The molecule has 3 nitrogen and oxygen atoms in total. The van der Waals surface area contributed by atoms with Crippen molar-refractivity contribution in [3.8, 4) is 39.5 Å². The summed E-state index contributed by atoms with van der Waals surface area (Å²) in [7, 11) is 0. The van der Waals surface area contributed by atoms with Crippen molar-refractivity contribution in [2.45, 2.75) is 26.2 Å². The number of allylic oxidation sites excluding steroid dienone is 2. The number of aryl methyl sites for hydroxylation is 1. The molecule has 3 heterocycles. The molecule has 0 amide bonds. The third kappa shape index (κ3) is 4.19. The van der Waals surface area contributed by atoms with Crippen LogP contribution in [0.1, 0.15) is 35.5 Å². The minimum absolute atomic E-state index is 0.235. The molecular formula is C44H33N3S. The van der Waals surface area contributed by atoms with Gasteiger partial charge in [0.25, 0.3) is 0 Å². The van der Waals surface area contributed by atoms with E-state index < -0.39 is 0 Å². The highest BCUT2D eigenvalue weighted by molar-refractivity contribution is 7.19. The van der Waals surface area contributed by atoms with Crippen molar-refractivity contribution in [1.82, 2.24) is 14.5 Å². The lowest BCUT2D eigenvalue weighted by Gasteiger charge is -2.21. The quantitative estimate of drug-likeness (QED) is 0.176. The molecule has 0 saturated heterocycles. The Labute approximate surface area is 284 Å². The Morgan fingerprint density at radius 1 is 0.729 bits per heavy atom. The van der Waals surface area contributed by atoms with Gasteiger partial charge in [0.2, 0.25) is 0 Å². The number of benzene rings is 5. The van der Waals surface area contributed by atoms with E-state index in [2.05, 4.69) is 147 Å². The van der Waals surface area contributed by atoms with Crippen LogP contribution in [0.3, 0.4) is 0 Å². The molecular weight excluding hydrogens is 603 g/mol. The first-order valence-corrected chi connectivity index (χ1v) is 17.2. The zero-order chi connectivity index (χ0) is 32.6. The molecule has 0 N–H and O–H groups in total. The summed E-state index contributed by atoms with van der Waals surface area (Å²) in [5.41, 5.74) is 12.3. The van der Waals surface area contributed by atoms with E-state index in [0.717, 1.165) is 39.6 Å². The van der Waals surface area contributed by atoms with Crippen LogP contribution in [0.2, 0.25) is 0 Å². The Kier molecular flexibility index (Phi) is 6.40. The van der Waals surface area contributed by atoms with Crippen LogP contribution >= 0.6 is 11.3 Å². The molecule has 0 saturated carbocycles. The van der Waals surface area contributed by atoms with Gasteiger partial charge < -0.3 is 4.57 Å². The number of aromatic nitrogens is 3. The summed E-state index contributed by atoms with van der Waals surface area (Å²) in [6, 6.07) is 41.4. The lowest BCUT2D eigenvalue weighted by atomic mass is 9.85. The van der Waals surface area contributed by atoms with Crippen LogP contribution in [-0.2, 0) is 5.41 Å². The van der Waals surface area contributed by atoms with Crippen LogP contribution in [-0.4, -0.2) is 14.5 Å². The fourth-order valence-electron chi connectivity index (χ4n) is 7.58. The van der Waals surface area contributed by atoms with E-state index in [4.69, 9.17) is 9.97 Å². The van der Waals surface area contributed by atoms with Gasteiger partial charge in [-0.15, -0.1) is 11.3 Å². The molecule has 8 aromatic rings. The van der Waals surface area contributed by atoms with Gasteiger partial charge in [-0.1, -0.05) is 124 Å². The number of fused-ring (bicyclic) bond motifs is 7. The topological polar surface area (TPSA) is 30.7 Å². The highest BCUT2D eigenvalue weighted by Gasteiger charge is 2.39. The Morgan fingerprint density at radius 2 is 1.48 bits per heavy atom. The summed E-state index contributed by atoms with van der Waals surface area (Å²) in [5.74, 6) is 0.757. The van der Waals surface area contributed by atoms with Gasteiger partial charge in [-0.3, -0.25) is 0 Å². The van der Waals surface area contributed by atoms with Gasteiger partial charge in [-0.2, -0.15) is 0 Å². The fraction of sp³-hybridized carbons (Fsp3) is 0.0909. The van der Waals surface area contributed by atoms with Crippen molar-refractivity contribution in [3.63, 3.8) is 0 Å². The standard InChI is InChI=1S/C44H33N3S/c1-5-6-16-31-27(2)48-39-26-34-32-17-11-13-20-37(32)47(38(34)25-35(31)39)30-23-21-28(22-24-30)41-40-33-18-10-12-19-36(33)44(3,4)42(40)46-43(45-41)29-14-8-7-9-15-29/h5-26H,1H2,2-4H3/b16-6-. The Hall–Kier alpha value is -5.58. The van der Waals surface area contributed by atoms with Crippen LogP contribution in [0.25, 0.3) is 77.4 Å². The zero-order valence-corrected chi connectivity index (χ0v) is 28.0. The van der Waals surface area contributed by atoms with Crippen LogP contribution in [0.15, 0.2) is 134 Å². The minimum Gasteiger partial charge on any atom is -0.309 e. The predicted octanol–water partition coefficient (Wildman–Crippen LogP) is 11.9. The summed E-state index contributed by atoms with van der Waals surface area (Å²) in [5, 5.41) is 3.80. The summed E-state index contributed by atoms with van der Waals surface area (Å²) in [4.78, 5) is 11.8. The monoisotopic (exact) mass is 635 g/mol. The SMILES string of the molecule is C=C/C=C\c1c(C)sc2cc3c4ccccc4n(-c4ccc(-c5nc(-c6ccccc6)nc6c5-c5ccccc5C6(C)C)cc4)c3cc12. The molecule has 0 spiro atoms. The average Bonchev–Trinajstić information content (AvgIpc) is 3.70. The van der Waals surface area contributed by atoms with Crippen LogP contribution in [0, 0.1) is 6.92 Å². The Balaban J connectivity index is 1.26. The lowest BCUT2D eigenvalue weighted by Crippen LogP contribution is -2.17. The normalized spacial score (nSPS) is 13.5. The van der Waals surface area contributed by atoms with Gasteiger partial charge in [0.05, 0.1) is 22.4 Å². The highest BCUT2D eigenvalue weighted by Crippen LogP contribution is 2.51. The smallest absolute Gasteiger partial charge is 0.160 e. The largest absolute Gasteiger partial charge is 0.309 e. The molecule has 4 heteroatoms. The number of para-hydroxylation sites is 1. The van der Waals surface area contributed by atoms with Gasteiger partial charge in [0, 0.05) is 53.5 Å². The second-order valence-electron chi connectivity index (χ2n) is 13.1. The molecule has 0 atom stereocenters. The first kappa shape index (κ1) is 28.6. The molecule has 0 fully saturated rings. The summed E-state index contributed by atoms with van der Waals surface area (Å²) in [6.07, 6.45) is 6.05. The van der Waals surface area contributed by atoms with Crippen molar-refractivity contribution in [2.24, 2.45) is 0 Å². The van der Waals surface area contributed by atoms with Crippen molar-refractivity contribution >= 4 is 49.3 Å². The maximum absolute atomic E-state index is 5.28. The number of rotatable bonds is 5. The molecule has 1 aliphatic carbocycles. The molecule has 5 aromatic carbocycles. The molecule has 48 heavy (non-hydrogen) atoms. The van der Waals surface area contributed by atoms with Crippen molar-refractivity contribution in [1.29, 1.82) is 0 Å². The minimum atomic E-state index is -0.235. The molecule has 3 aromatic heterocycles. The van der Waals surface area contributed by atoms with Crippen LogP contribution in [0.4, 0.5) is 0 Å². The first-order chi connectivity index (χ1) is 23.4. The van der Waals surface area contributed by atoms with Crippen LogP contribution in [0.5, 0.6) is 0 Å². The number of nitrogens with zero attached hydrogens (tertiary/aromatic N) is 3. The number of hydrogen-bond donors (Lipinski definition) is 0. The average molecular weight is 636 g/mol. The molecule has 0 unspecified atom stereocenters. The lowest BCUT2D eigenvalue weighted by molar-refractivity contribution is 0.636. The van der Waals surface area contributed by atoms with E-state index in [1.54, 1.807) is 0 Å². The van der Waals surface area contributed by atoms with E-state index in [1.807, 2.05) is 29.6 Å². The molecule has 0 radical (unpaired) electrons. The maximum atomic E-state index is 5.28. The molecule has 230 valence electrons.